The van der Waals surface area contributed by atoms with Gasteiger partial charge < -0.3 is 29.2 Å². The normalized spacial score (nSPS) is 17.3. The van der Waals surface area contributed by atoms with E-state index in [4.69, 9.17) is 9.47 Å². The van der Waals surface area contributed by atoms with Gasteiger partial charge in [0.15, 0.2) is 0 Å². The van der Waals surface area contributed by atoms with E-state index in [2.05, 4.69) is 5.32 Å². The third-order valence-corrected chi connectivity index (χ3v) is 8.80. The molecular weight excluding hydrogens is 597 g/mol. The van der Waals surface area contributed by atoms with Crippen LogP contribution in [0.1, 0.15) is 70.3 Å². The Morgan fingerprint density at radius 1 is 1.00 bits per heavy atom. The van der Waals surface area contributed by atoms with E-state index < -0.39 is 41.5 Å². The Labute approximate surface area is 269 Å². The third-order valence-electron chi connectivity index (χ3n) is 8.80. The van der Waals surface area contributed by atoms with Crippen molar-refractivity contribution in [2.75, 3.05) is 40.3 Å². The van der Waals surface area contributed by atoms with Gasteiger partial charge in [0.1, 0.15) is 35.7 Å². The highest BCUT2D eigenvalue weighted by Crippen LogP contribution is 2.28. The quantitative estimate of drug-likeness (QED) is 0.436. The number of hydrogen-bond donors (Lipinski definition) is 1. The number of rotatable bonds is 8. The molecule has 2 aromatic rings. The maximum Gasteiger partial charge on any atom is 0.410 e. The van der Waals surface area contributed by atoms with E-state index in [1.807, 2.05) is 0 Å². The van der Waals surface area contributed by atoms with Crippen molar-refractivity contribution in [2.45, 2.75) is 84.0 Å². The molecule has 12 nitrogen and oxygen atoms in total. The summed E-state index contributed by atoms with van der Waals surface area (Å²) in [5.74, 6) is -2.05. The number of ether oxygens (including phenoxy) is 2. The number of nitrogens with one attached hydrogen (secondary N) is 1. The zero-order valence-corrected chi connectivity index (χ0v) is 27.6. The summed E-state index contributed by atoms with van der Waals surface area (Å²) in [5.41, 5.74) is 0.0319. The van der Waals surface area contributed by atoms with Gasteiger partial charge in [-0.05, 0) is 70.7 Å². The molecule has 0 bridgehead atoms. The molecule has 4 rings (SSSR count). The lowest BCUT2D eigenvalue weighted by atomic mass is 9.83. The summed E-state index contributed by atoms with van der Waals surface area (Å²) in [6.45, 7) is 7.61. The first-order valence-corrected chi connectivity index (χ1v) is 15.9. The number of piperazine rings is 1. The van der Waals surface area contributed by atoms with Crippen molar-refractivity contribution in [3.63, 3.8) is 0 Å². The molecule has 46 heavy (non-hydrogen) atoms. The lowest BCUT2D eigenvalue weighted by Gasteiger charge is -2.39. The molecule has 4 amide bonds. The highest BCUT2D eigenvalue weighted by molar-refractivity contribution is 5.99. The third kappa shape index (κ3) is 8.16. The molecule has 1 aliphatic heterocycles. The predicted octanol–water partition coefficient (Wildman–Crippen LogP) is 3.56. The van der Waals surface area contributed by atoms with E-state index in [9.17, 15) is 28.4 Å². The fourth-order valence-electron chi connectivity index (χ4n) is 6.06. The van der Waals surface area contributed by atoms with Gasteiger partial charge >= 0.3 is 12.1 Å². The van der Waals surface area contributed by atoms with Crippen LogP contribution in [0.4, 0.5) is 9.18 Å². The molecule has 1 N–H and O–H groups in total. The summed E-state index contributed by atoms with van der Waals surface area (Å²) in [7, 11) is 2.75. The van der Waals surface area contributed by atoms with E-state index in [0.29, 0.717) is 10.9 Å². The Hall–Kier alpha value is -4.16. The lowest BCUT2D eigenvalue weighted by molar-refractivity contribution is -0.141. The molecule has 1 aliphatic carbocycles. The summed E-state index contributed by atoms with van der Waals surface area (Å²) in [6.07, 6.45) is 3.97. The smallest absolute Gasteiger partial charge is 0.410 e. The Morgan fingerprint density at radius 3 is 2.24 bits per heavy atom. The number of halogens is 1. The topological polar surface area (TPSA) is 130 Å². The number of esters is 1. The molecule has 0 radical (unpaired) electrons. The van der Waals surface area contributed by atoms with Gasteiger partial charge in [0.25, 0.3) is 5.91 Å². The molecule has 1 saturated heterocycles. The number of methoxy groups -OCH3 is 1. The van der Waals surface area contributed by atoms with Gasteiger partial charge in [-0.3, -0.25) is 24.1 Å². The van der Waals surface area contributed by atoms with Gasteiger partial charge in [-0.1, -0.05) is 19.3 Å². The molecule has 2 atom stereocenters. The van der Waals surface area contributed by atoms with Crippen molar-refractivity contribution in [2.24, 2.45) is 5.92 Å². The minimum atomic E-state index is -0.867. The Kier molecular flexibility index (Phi) is 10.9. The molecule has 13 heteroatoms. The van der Waals surface area contributed by atoms with E-state index in [1.54, 1.807) is 43.6 Å². The molecule has 2 heterocycles. The van der Waals surface area contributed by atoms with Crippen LogP contribution in [0.2, 0.25) is 0 Å². The number of aromatic nitrogens is 1. The van der Waals surface area contributed by atoms with Crippen molar-refractivity contribution in [3.05, 3.63) is 35.8 Å². The van der Waals surface area contributed by atoms with Crippen LogP contribution in [-0.4, -0.2) is 107 Å². The Morgan fingerprint density at radius 2 is 1.63 bits per heavy atom. The number of carbonyl (C=O) groups excluding carboxylic acids is 5. The first-order chi connectivity index (χ1) is 21.7. The lowest BCUT2D eigenvalue weighted by Crippen LogP contribution is -2.59. The monoisotopic (exact) mass is 643 g/mol. The number of likely N-dealkylation sites (N-methyl/N-ethyl adjacent to an activating group) is 1. The number of nitrogens with zero attached hydrogens (tertiary/aromatic N) is 4. The van der Waals surface area contributed by atoms with Gasteiger partial charge in [-0.2, -0.15) is 0 Å². The zero-order valence-electron chi connectivity index (χ0n) is 27.6. The second kappa shape index (κ2) is 14.5. The highest BCUT2D eigenvalue weighted by atomic mass is 19.1. The molecular formula is C33H46FN5O7. The van der Waals surface area contributed by atoms with Crippen molar-refractivity contribution in [1.82, 2.24) is 24.6 Å². The van der Waals surface area contributed by atoms with Crippen molar-refractivity contribution in [3.8, 4) is 0 Å². The van der Waals surface area contributed by atoms with Crippen LogP contribution in [0, 0.1) is 11.7 Å². The zero-order chi connectivity index (χ0) is 33.8. The Bertz CT molecular complexity index is 1450. The molecule has 1 saturated carbocycles. The van der Waals surface area contributed by atoms with E-state index in [-0.39, 0.29) is 56.1 Å². The van der Waals surface area contributed by atoms with Gasteiger partial charge in [-0.25, -0.2) is 9.18 Å². The number of fused-ring (bicyclic) bond motifs is 1. The molecule has 1 aromatic carbocycles. The average molecular weight is 644 g/mol. The van der Waals surface area contributed by atoms with Crippen molar-refractivity contribution < 1.29 is 37.8 Å². The summed E-state index contributed by atoms with van der Waals surface area (Å²) in [5, 5.41) is 3.44. The van der Waals surface area contributed by atoms with Crippen LogP contribution >= 0.6 is 0 Å². The first kappa shape index (κ1) is 34.7. The number of benzene rings is 1. The summed E-state index contributed by atoms with van der Waals surface area (Å²) in [6, 6.07) is 4.03. The molecule has 2 aliphatic rings. The fraction of sp³-hybridized carbons (Fsp3) is 0.606. The maximum absolute atomic E-state index is 14.0. The van der Waals surface area contributed by atoms with Crippen LogP contribution in [0.5, 0.6) is 0 Å². The Balaban J connectivity index is 1.46. The van der Waals surface area contributed by atoms with Gasteiger partial charge in [0, 0.05) is 44.1 Å². The van der Waals surface area contributed by atoms with Crippen LogP contribution in [0.25, 0.3) is 10.9 Å². The van der Waals surface area contributed by atoms with Crippen molar-refractivity contribution in [1.29, 1.82) is 0 Å². The molecule has 2 fully saturated rings. The summed E-state index contributed by atoms with van der Waals surface area (Å²) < 4.78 is 25.7. The highest BCUT2D eigenvalue weighted by Gasteiger charge is 2.38. The van der Waals surface area contributed by atoms with Crippen LogP contribution < -0.4 is 5.32 Å². The second-order valence-corrected chi connectivity index (χ2v) is 13.2. The number of carbonyl (C=O) groups is 5. The largest absolute Gasteiger partial charge is 0.468 e. The summed E-state index contributed by atoms with van der Waals surface area (Å²) in [4.78, 5) is 70.3. The number of hydrogen-bond acceptors (Lipinski definition) is 7. The van der Waals surface area contributed by atoms with Crippen LogP contribution in [0.3, 0.4) is 0 Å². The summed E-state index contributed by atoms with van der Waals surface area (Å²) >= 11 is 0. The SMILES string of the molecule is COC(=O)Cn1c(C(=O)N2CCN(C(=O)[C@@H](NC(=O)[C@H](C)N(C)C(=O)OC(C)(C)C)C3CCCCC3)CC2)cc2cc(F)ccc21. The second-order valence-electron chi connectivity index (χ2n) is 13.2. The van der Waals surface area contributed by atoms with E-state index >= 15 is 0 Å². The van der Waals surface area contributed by atoms with Crippen molar-refractivity contribution >= 4 is 40.7 Å². The van der Waals surface area contributed by atoms with Crippen LogP contribution in [-0.2, 0) is 30.4 Å². The molecule has 0 spiro atoms. The van der Waals surface area contributed by atoms with Gasteiger partial charge in [0.05, 0.1) is 7.11 Å². The fourth-order valence-corrected chi connectivity index (χ4v) is 6.06. The minimum absolute atomic E-state index is 0.0432. The standard InChI is InChI=1S/C33H46FN5O7/c1-21(36(5)32(44)46-33(2,3)4)29(41)35-28(22-10-8-7-9-11-22)31(43)38-16-14-37(15-17-38)30(42)26-19-23-18-24(34)12-13-25(23)39(26)20-27(40)45-6/h12-13,18-19,21-22,28H,7-11,14-17,20H2,1-6H3,(H,35,41)/t21-,28-/m0/s1. The molecule has 1 aromatic heterocycles. The molecule has 252 valence electrons. The first-order valence-electron chi connectivity index (χ1n) is 15.9. The maximum atomic E-state index is 14.0. The minimum Gasteiger partial charge on any atom is -0.468 e. The van der Waals surface area contributed by atoms with Crippen LogP contribution in [0.15, 0.2) is 24.3 Å². The average Bonchev–Trinajstić information content (AvgIpc) is 3.38. The van der Waals surface area contributed by atoms with Gasteiger partial charge in [-0.15, -0.1) is 0 Å². The predicted molar refractivity (Wildman–Crippen MR) is 168 cm³/mol. The van der Waals surface area contributed by atoms with E-state index in [1.165, 1.54) is 41.8 Å². The van der Waals surface area contributed by atoms with Gasteiger partial charge in [0.2, 0.25) is 11.8 Å². The molecule has 0 unspecified atom stereocenters. The number of amides is 4. The van der Waals surface area contributed by atoms with E-state index in [0.717, 1.165) is 32.1 Å².